The molecule has 2 aromatic rings. The topological polar surface area (TPSA) is 58.6 Å². The third-order valence-corrected chi connectivity index (χ3v) is 4.78. The fourth-order valence-electron chi connectivity index (χ4n) is 3.23. The molecular weight excluding hydrogens is 340 g/mol. The molecule has 1 aliphatic heterocycles. The van der Waals surface area contributed by atoms with Crippen LogP contribution in [-0.2, 0) is 11.3 Å². The number of carbonyl (C=O) groups excluding carboxylic acids is 1. The number of hydrogen-bond donors (Lipinski definition) is 0. The highest BCUT2D eigenvalue weighted by molar-refractivity contribution is 5.94. The van der Waals surface area contributed by atoms with Gasteiger partial charge in [0.25, 0.3) is 5.91 Å². The Morgan fingerprint density at radius 2 is 1.78 bits per heavy atom. The summed E-state index contributed by atoms with van der Waals surface area (Å²) in [4.78, 5) is 26.1. The number of hydrogen-bond acceptors (Lipinski definition) is 5. The normalized spacial score (nSPS) is 14.7. The molecule has 0 unspecified atom stereocenters. The average Bonchev–Trinajstić information content (AvgIpc) is 2.68. The number of methoxy groups -OCH3 is 1. The molecule has 1 aromatic carbocycles. The van der Waals surface area contributed by atoms with Crippen molar-refractivity contribution in [3.63, 3.8) is 0 Å². The second kappa shape index (κ2) is 8.48. The number of benzene rings is 1. The number of amides is 1. The van der Waals surface area contributed by atoms with E-state index in [2.05, 4.69) is 23.7 Å². The molecule has 0 N–H and O–H groups in total. The first-order valence-electron chi connectivity index (χ1n) is 9.45. The third-order valence-electron chi connectivity index (χ3n) is 4.78. The summed E-state index contributed by atoms with van der Waals surface area (Å²) in [5.74, 6) is 2.22. The van der Waals surface area contributed by atoms with Crippen LogP contribution in [0.5, 0.6) is 0 Å². The summed E-state index contributed by atoms with van der Waals surface area (Å²) < 4.78 is 5.12. The lowest BCUT2D eigenvalue weighted by Gasteiger charge is -2.35. The Hall–Kier alpha value is -2.47. The van der Waals surface area contributed by atoms with Crippen LogP contribution in [0.4, 0.5) is 5.82 Å². The molecule has 1 aromatic heterocycles. The number of ether oxygens (including phenoxy) is 1. The van der Waals surface area contributed by atoms with Crippen molar-refractivity contribution in [2.45, 2.75) is 33.3 Å². The molecule has 0 spiro atoms. The van der Waals surface area contributed by atoms with E-state index >= 15 is 0 Å². The molecular formula is C21H28N4O2. The lowest BCUT2D eigenvalue weighted by Crippen LogP contribution is -2.49. The van der Waals surface area contributed by atoms with Crippen molar-refractivity contribution >= 4 is 11.7 Å². The van der Waals surface area contributed by atoms with Gasteiger partial charge in [-0.15, -0.1) is 0 Å². The first-order valence-corrected chi connectivity index (χ1v) is 9.45. The molecule has 1 aliphatic rings. The minimum atomic E-state index is 0.0837. The van der Waals surface area contributed by atoms with Gasteiger partial charge in [0.15, 0.2) is 0 Å². The van der Waals surface area contributed by atoms with Gasteiger partial charge in [0, 0.05) is 56.5 Å². The molecule has 0 bridgehead atoms. The number of nitrogens with zero attached hydrogens (tertiary/aromatic N) is 4. The van der Waals surface area contributed by atoms with Crippen LogP contribution in [0.25, 0.3) is 0 Å². The second-order valence-electron chi connectivity index (χ2n) is 7.29. The quantitative estimate of drug-likeness (QED) is 0.812. The summed E-state index contributed by atoms with van der Waals surface area (Å²) in [7, 11) is 1.67. The van der Waals surface area contributed by atoms with Gasteiger partial charge in [-0.05, 0) is 24.6 Å². The van der Waals surface area contributed by atoms with Gasteiger partial charge in [-0.1, -0.05) is 26.0 Å². The zero-order chi connectivity index (χ0) is 19.4. The predicted molar refractivity (Wildman–Crippen MR) is 106 cm³/mol. The first-order chi connectivity index (χ1) is 13.0. The highest BCUT2D eigenvalue weighted by Crippen LogP contribution is 2.19. The van der Waals surface area contributed by atoms with Crippen LogP contribution < -0.4 is 4.90 Å². The summed E-state index contributed by atoms with van der Waals surface area (Å²) in [6, 6.07) is 9.68. The lowest BCUT2D eigenvalue weighted by molar-refractivity contribution is 0.0746. The number of aromatic nitrogens is 2. The van der Waals surface area contributed by atoms with E-state index in [1.807, 2.05) is 42.2 Å². The van der Waals surface area contributed by atoms with Crippen LogP contribution in [0, 0.1) is 6.92 Å². The molecule has 6 nitrogen and oxygen atoms in total. The molecule has 144 valence electrons. The molecule has 6 heteroatoms. The van der Waals surface area contributed by atoms with Crippen molar-refractivity contribution in [1.29, 1.82) is 0 Å². The predicted octanol–water partition coefficient (Wildman–Crippen LogP) is 3.02. The molecule has 2 heterocycles. The maximum atomic E-state index is 12.8. The fraction of sp³-hybridized carbons (Fsp3) is 0.476. The van der Waals surface area contributed by atoms with Crippen LogP contribution in [0.1, 0.15) is 47.2 Å². The monoisotopic (exact) mass is 368 g/mol. The fourth-order valence-corrected chi connectivity index (χ4v) is 3.23. The molecule has 0 radical (unpaired) electrons. The lowest BCUT2D eigenvalue weighted by atomic mass is 10.1. The standard InChI is InChI=1S/C21H28N4O2/c1-15(2)20-22-16(3)13-19(23-20)24-9-11-25(12-10-24)21(26)18-7-5-17(6-8-18)14-27-4/h5-8,13,15H,9-12,14H2,1-4H3. The van der Waals surface area contributed by atoms with E-state index in [0.717, 1.165) is 41.6 Å². The Bertz CT molecular complexity index is 781. The van der Waals surface area contributed by atoms with Gasteiger partial charge < -0.3 is 14.5 Å². The molecule has 1 fully saturated rings. The molecule has 27 heavy (non-hydrogen) atoms. The Labute approximate surface area is 161 Å². The average molecular weight is 368 g/mol. The van der Waals surface area contributed by atoms with E-state index in [4.69, 9.17) is 9.72 Å². The summed E-state index contributed by atoms with van der Waals surface area (Å²) >= 11 is 0. The highest BCUT2D eigenvalue weighted by atomic mass is 16.5. The Morgan fingerprint density at radius 3 is 2.37 bits per heavy atom. The summed E-state index contributed by atoms with van der Waals surface area (Å²) in [6.45, 7) is 9.72. The molecule has 1 saturated heterocycles. The van der Waals surface area contributed by atoms with Crippen LogP contribution in [0.2, 0.25) is 0 Å². The van der Waals surface area contributed by atoms with Crippen molar-refractivity contribution < 1.29 is 9.53 Å². The van der Waals surface area contributed by atoms with Crippen molar-refractivity contribution in [2.24, 2.45) is 0 Å². The molecule has 0 saturated carbocycles. The number of anilines is 1. The second-order valence-corrected chi connectivity index (χ2v) is 7.29. The van der Waals surface area contributed by atoms with Crippen LogP contribution >= 0.6 is 0 Å². The van der Waals surface area contributed by atoms with Gasteiger partial charge in [-0.25, -0.2) is 9.97 Å². The van der Waals surface area contributed by atoms with Gasteiger partial charge >= 0.3 is 0 Å². The molecule has 0 aliphatic carbocycles. The zero-order valence-electron chi connectivity index (χ0n) is 16.6. The molecule has 3 rings (SSSR count). The van der Waals surface area contributed by atoms with Gasteiger partial charge in [-0.3, -0.25) is 4.79 Å². The first kappa shape index (κ1) is 19.3. The van der Waals surface area contributed by atoms with Crippen LogP contribution in [-0.4, -0.2) is 54.1 Å². The number of carbonyl (C=O) groups is 1. The minimum absolute atomic E-state index is 0.0837. The zero-order valence-corrected chi connectivity index (χ0v) is 16.6. The number of aryl methyl sites for hydroxylation is 1. The summed E-state index contributed by atoms with van der Waals surface area (Å²) in [6.07, 6.45) is 0. The Kier molecular flexibility index (Phi) is 6.06. The summed E-state index contributed by atoms with van der Waals surface area (Å²) in [5.41, 5.74) is 2.78. The van der Waals surface area contributed by atoms with Gasteiger partial charge in [0.1, 0.15) is 11.6 Å². The molecule has 0 atom stereocenters. The minimum Gasteiger partial charge on any atom is -0.380 e. The van der Waals surface area contributed by atoms with Crippen molar-refractivity contribution in [1.82, 2.24) is 14.9 Å². The van der Waals surface area contributed by atoms with E-state index in [1.165, 1.54) is 0 Å². The maximum absolute atomic E-state index is 12.8. The van der Waals surface area contributed by atoms with Crippen LogP contribution in [0.3, 0.4) is 0 Å². The third kappa shape index (κ3) is 4.63. The van der Waals surface area contributed by atoms with E-state index in [1.54, 1.807) is 7.11 Å². The van der Waals surface area contributed by atoms with E-state index in [-0.39, 0.29) is 5.91 Å². The summed E-state index contributed by atoms with van der Waals surface area (Å²) in [5, 5.41) is 0. The van der Waals surface area contributed by atoms with Crippen molar-refractivity contribution in [3.8, 4) is 0 Å². The van der Waals surface area contributed by atoms with Crippen LogP contribution in [0.15, 0.2) is 30.3 Å². The largest absolute Gasteiger partial charge is 0.380 e. The van der Waals surface area contributed by atoms with Gasteiger partial charge in [0.05, 0.1) is 6.61 Å². The highest BCUT2D eigenvalue weighted by Gasteiger charge is 2.23. The Balaban J connectivity index is 1.64. The van der Waals surface area contributed by atoms with E-state index in [9.17, 15) is 4.79 Å². The van der Waals surface area contributed by atoms with E-state index in [0.29, 0.717) is 25.6 Å². The van der Waals surface area contributed by atoms with Crippen molar-refractivity contribution in [2.75, 3.05) is 38.2 Å². The smallest absolute Gasteiger partial charge is 0.253 e. The molecule has 1 amide bonds. The number of rotatable bonds is 5. The van der Waals surface area contributed by atoms with Gasteiger partial charge in [0.2, 0.25) is 0 Å². The van der Waals surface area contributed by atoms with Crippen molar-refractivity contribution in [3.05, 3.63) is 53.0 Å². The SMILES string of the molecule is COCc1ccc(C(=O)N2CCN(c3cc(C)nc(C(C)C)n3)CC2)cc1. The van der Waals surface area contributed by atoms with E-state index < -0.39 is 0 Å². The Morgan fingerprint density at radius 1 is 1.11 bits per heavy atom. The van der Waals surface area contributed by atoms with Gasteiger partial charge in [-0.2, -0.15) is 0 Å². The number of piperazine rings is 1. The maximum Gasteiger partial charge on any atom is 0.253 e.